The lowest BCUT2D eigenvalue weighted by Crippen LogP contribution is -2.22. The Kier molecular flexibility index (Phi) is 1.44. The predicted octanol–water partition coefficient (Wildman–Crippen LogP) is -0.0801. The van der Waals surface area contributed by atoms with E-state index in [4.69, 9.17) is 5.73 Å². The largest absolute Gasteiger partial charge is 0.359 e. The summed E-state index contributed by atoms with van der Waals surface area (Å²) in [5.74, 6) is 0. The SMILES string of the molecule is NCc1ccc2c(c1)no[n+]2[O-]. The third-order valence-corrected chi connectivity index (χ3v) is 1.69. The van der Waals surface area contributed by atoms with Crippen LogP contribution < -0.4 is 10.6 Å². The van der Waals surface area contributed by atoms with E-state index in [0.29, 0.717) is 22.5 Å². The fourth-order valence-electron chi connectivity index (χ4n) is 1.05. The first kappa shape index (κ1) is 7.05. The Hall–Kier alpha value is -1.62. The normalized spacial score (nSPS) is 10.8. The molecular weight excluding hydrogens is 158 g/mol. The Morgan fingerprint density at radius 1 is 1.58 bits per heavy atom. The van der Waals surface area contributed by atoms with Gasteiger partial charge in [-0.25, -0.2) is 0 Å². The number of rotatable bonds is 1. The highest BCUT2D eigenvalue weighted by molar-refractivity contribution is 5.70. The monoisotopic (exact) mass is 165 g/mol. The van der Waals surface area contributed by atoms with Crippen molar-refractivity contribution in [1.82, 2.24) is 5.16 Å². The summed E-state index contributed by atoms with van der Waals surface area (Å²) in [4.78, 5) is 0.371. The maximum Gasteiger partial charge on any atom is 0.248 e. The summed E-state index contributed by atoms with van der Waals surface area (Å²) in [6.45, 7) is 0.432. The highest BCUT2D eigenvalue weighted by atomic mass is 16.8. The van der Waals surface area contributed by atoms with Gasteiger partial charge in [-0.2, -0.15) is 0 Å². The number of fused-ring (bicyclic) bond motifs is 1. The van der Waals surface area contributed by atoms with Crippen LogP contribution in [0.1, 0.15) is 5.56 Å². The molecule has 1 heterocycles. The molecule has 0 bridgehead atoms. The van der Waals surface area contributed by atoms with E-state index in [0.717, 1.165) is 5.56 Å². The Morgan fingerprint density at radius 3 is 3.17 bits per heavy atom. The lowest BCUT2D eigenvalue weighted by atomic mass is 10.2. The van der Waals surface area contributed by atoms with E-state index in [1.54, 1.807) is 18.2 Å². The molecule has 0 unspecified atom stereocenters. The number of hydrogen-bond donors (Lipinski definition) is 1. The first-order valence-corrected chi connectivity index (χ1v) is 3.49. The zero-order valence-electron chi connectivity index (χ0n) is 6.23. The first-order chi connectivity index (χ1) is 5.81. The van der Waals surface area contributed by atoms with Crippen LogP contribution in [-0.2, 0) is 6.54 Å². The summed E-state index contributed by atoms with van der Waals surface area (Å²) in [7, 11) is 0. The van der Waals surface area contributed by atoms with E-state index >= 15 is 0 Å². The Balaban J connectivity index is 2.69. The molecule has 0 atom stereocenters. The Labute approximate surface area is 67.9 Å². The molecule has 0 amide bonds. The molecule has 0 spiro atoms. The number of nitrogens with zero attached hydrogens (tertiary/aromatic N) is 2. The first-order valence-electron chi connectivity index (χ1n) is 3.49. The summed E-state index contributed by atoms with van der Waals surface area (Å²) >= 11 is 0. The fraction of sp³-hybridized carbons (Fsp3) is 0.143. The van der Waals surface area contributed by atoms with Crippen LogP contribution in [0.4, 0.5) is 0 Å². The molecular formula is C7H7N3O2. The Morgan fingerprint density at radius 2 is 2.42 bits per heavy atom. The van der Waals surface area contributed by atoms with Crippen LogP contribution in [0.3, 0.4) is 0 Å². The second-order valence-electron chi connectivity index (χ2n) is 2.46. The van der Waals surface area contributed by atoms with E-state index in [-0.39, 0.29) is 0 Å². The average molecular weight is 165 g/mol. The molecule has 2 N–H and O–H groups in total. The average Bonchev–Trinajstić information content (AvgIpc) is 2.47. The number of benzene rings is 1. The molecule has 12 heavy (non-hydrogen) atoms. The van der Waals surface area contributed by atoms with Crippen molar-refractivity contribution in [2.75, 3.05) is 0 Å². The van der Waals surface area contributed by atoms with Crippen molar-refractivity contribution < 1.29 is 9.53 Å². The number of nitrogens with two attached hydrogens (primary N) is 1. The molecule has 1 aromatic carbocycles. The summed E-state index contributed by atoms with van der Waals surface area (Å²) in [6.07, 6.45) is 0. The maximum absolute atomic E-state index is 10.8. The molecule has 0 aliphatic rings. The maximum atomic E-state index is 10.8. The van der Waals surface area contributed by atoms with Crippen LogP contribution in [0, 0.1) is 5.21 Å². The standard InChI is InChI=1S/C7H7N3O2/c8-4-5-1-2-7-6(3-5)9-12-10(7)11/h1-3H,4,8H2. The minimum absolute atomic E-state index is 0.371. The van der Waals surface area contributed by atoms with Gasteiger partial charge < -0.3 is 10.9 Å². The van der Waals surface area contributed by atoms with Crippen LogP contribution in [0.25, 0.3) is 11.0 Å². The molecule has 5 nitrogen and oxygen atoms in total. The molecule has 0 radical (unpaired) electrons. The van der Waals surface area contributed by atoms with Crippen LogP contribution in [0.5, 0.6) is 0 Å². The molecule has 0 aliphatic heterocycles. The number of aromatic nitrogens is 2. The van der Waals surface area contributed by atoms with Crippen LogP contribution in [-0.4, -0.2) is 5.16 Å². The summed E-state index contributed by atoms with van der Waals surface area (Å²) < 4.78 is 4.38. The van der Waals surface area contributed by atoms with Crippen LogP contribution in [0.15, 0.2) is 22.8 Å². The topological polar surface area (TPSA) is 79.0 Å². The van der Waals surface area contributed by atoms with E-state index in [1.807, 2.05) is 0 Å². The van der Waals surface area contributed by atoms with Crippen molar-refractivity contribution in [1.29, 1.82) is 0 Å². The second kappa shape index (κ2) is 2.46. The lowest BCUT2D eigenvalue weighted by Gasteiger charge is -1.91. The van der Waals surface area contributed by atoms with Gasteiger partial charge in [0, 0.05) is 17.8 Å². The highest BCUT2D eigenvalue weighted by Crippen LogP contribution is 2.09. The van der Waals surface area contributed by atoms with E-state index in [9.17, 15) is 5.21 Å². The van der Waals surface area contributed by atoms with Gasteiger partial charge >= 0.3 is 0 Å². The van der Waals surface area contributed by atoms with E-state index in [2.05, 4.69) is 9.79 Å². The van der Waals surface area contributed by atoms with E-state index in [1.165, 1.54) is 0 Å². The zero-order chi connectivity index (χ0) is 8.55. The lowest BCUT2D eigenvalue weighted by molar-refractivity contribution is -0.782. The Bertz CT molecular complexity index is 410. The second-order valence-corrected chi connectivity index (χ2v) is 2.46. The molecule has 2 rings (SSSR count). The molecule has 0 saturated heterocycles. The smallest absolute Gasteiger partial charge is 0.248 e. The molecule has 62 valence electrons. The van der Waals surface area contributed by atoms with Gasteiger partial charge in [-0.05, 0) is 16.5 Å². The van der Waals surface area contributed by atoms with Crippen molar-refractivity contribution in [3.63, 3.8) is 0 Å². The van der Waals surface area contributed by atoms with Crippen molar-refractivity contribution in [3.05, 3.63) is 29.0 Å². The van der Waals surface area contributed by atoms with Gasteiger partial charge in [0.15, 0.2) is 0 Å². The van der Waals surface area contributed by atoms with Gasteiger partial charge in [0.05, 0.1) is 0 Å². The quantitative estimate of drug-likeness (QED) is 0.599. The van der Waals surface area contributed by atoms with Gasteiger partial charge in [-0.1, -0.05) is 6.07 Å². The molecule has 0 aliphatic carbocycles. The number of hydrogen-bond acceptors (Lipinski definition) is 4. The third-order valence-electron chi connectivity index (χ3n) is 1.69. The van der Waals surface area contributed by atoms with Gasteiger partial charge in [0.25, 0.3) is 0 Å². The molecule has 0 fully saturated rings. The van der Waals surface area contributed by atoms with Crippen molar-refractivity contribution in [3.8, 4) is 0 Å². The molecule has 0 saturated carbocycles. The van der Waals surface area contributed by atoms with Crippen molar-refractivity contribution in [2.45, 2.75) is 6.54 Å². The summed E-state index contributed by atoms with van der Waals surface area (Å²) in [5, 5.41) is 14.4. The zero-order valence-corrected chi connectivity index (χ0v) is 6.23. The van der Waals surface area contributed by atoms with Crippen LogP contribution in [0.2, 0.25) is 0 Å². The van der Waals surface area contributed by atoms with Gasteiger partial charge in [0.2, 0.25) is 11.0 Å². The van der Waals surface area contributed by atoms with Gasteiger partial charge in [-0.3, -0.25) is 4.63 Å². The van der Waals surface area contributed by atoms with Crippen molar-refractivity contribution in [2.24, 2.45) is 5.73 Å². The minimum Gasteiger partial charge on any atom is -0.359 e. The minimum atomic E-state index is 0.371. The third kappa shape index (κ3) is 0.911. The highest BCUT2D eigenvalue weighted by Gasteiger charge is 2.07. The molecule has 5 heteroatoms. The summed E-state index contributed by atoms with van der Waals surface area (Å²) in [6, 6.07) is 5.14. The fourth-order valence-corrected chi connectivity index (χ4v) is 1.05. The predicted molar refractivity (Wildman–Crippen MR) is 40.9 cm³/mol. The van der Waals surface area contributed by atoms with Gasteiger partial charge in [0.1, 0.15) is 0 Å². The van der Waals surface area contributed by atoms with E-state index < -0.39 is 0 Å². The van der Waals surface area contributed by atoms with Gasteiger partial charge in [-0.15, -0.1) is 0 Å². The molecule has 2 aromatic rings. The summed E-state index contributed by atoms with van der Waals surface area (Å²) in [5.41, 5.74) is 7.29. The van der Waals surface area contributed by atoms with Crippen molar-refractivity contribution >= 4 is 11.0 Å². The van der Waals surface area contributed by atoms with Crippen LogP contribution >= 0.6 is 0 Å². The molecule has 1 aromatic heterocycles.